The molecule has 1 unspecified atom stereocenters. The average Bonchev–Trinajstić information content (AvgIpc) is 3.99. The van der Waals surface area contributed by atoms with Crippen LogP contribution in [0.25, 0.3) is 22.3 Å². The monoisotopic (exact) mass is 794 g/mol. The first-order chi connectivity index (χ1) is 26.0. The number of aryl methyl sites for hydroxylation is 1. The maximum Gasteiger partial charge on any atom is 0.320 e. The van der Waals surface area contributed by atoms with Crippen molar-refractivity contribution in [3.8, 4) is 22.9 Å². The first-order valence-electron chi connectivity index (χ1n) is 19.2. The summed E-state index contributed by atoms with van der Waals surface area (Å²) in [6, 6.07) is 4.29. The first-order valence-corrected chi connectivity index (χ1v) is 21.5. The van der Waals surface area contributed by atoms with Gasteiger partial charge in [0.15, 0.2) is 0 Å². The number of hydrogen-bond acceptors (Lipinski definition) is 10. The van der Waals surface area contributed by atoms with Gasteiger partial charge in [0.05, 0.1) is 40.3 Å². The molecule has 0 spiro atoms. The zero-order valence-electron chi connectivity index (χ0n) is 33.1. The summed E-state index contributed by atoms with van der Waals surface area (Å²) in [4.78, 5) is 55.4. The molecular formula is C40H54N6O7S2. The molecule has 1 aromatic carbocycles. The third-order valence-electron chi connectivity index (χ3n) is 11.1. The molecule has 0 radical (unpaired) electrons. The van der Waals surface area contributed by atoms with E-state index in [-0.39, 0.29) is 43.4 Å². The van der Waals surface area contributed by atoms with Gasteiger partial charge in [-0.25, -0.2) is 23.2 Å². The number of nitrogens with one attached hydrogen (secondary N) is 2. The van der Waals surface area contributed by atoms with E-state index in [1.807, 2.05) is 56.5 Å². The van der Waals surface area contributed by atoms with E-state index in [2.05, 4.69) is 23.9 Å². The number of pyridine rings is 1. The minimum atomic E-state index is -3.94. The van der Waals surface area contributed by atoms with E-state index in [4.69, 9.17) is 19.4 Å². The second-order valence-corrected chi connectivity index (χ2v) is 19.1. The van der Waals surface area contributed by atoms with Crippen LogP contribution in [0.5, 0.6) is 11.5 Å². The number of urea groups is 1. The maximum absolute atomic E-state index is 14.4. The van der Waals surface area contributed by atoms with Crippen molar-refractivity contribution in [2.75, 3.05) is 33.9 Å². The van der Waals surface area contributed by atoms with Crippen LogP contribution in [0.15, 0.2) is 35.7 Å². The van der Waals surface area contributed by atoms with Crippen molar-refractivity contribution in [3.63, 3.8) is 0 Å². The molecule has 15 heteroatoms. The van der Waals surface area contributed by atoms with Gasteiger partial charge in [-0.1, -0.05) is 39.8 Å². The molecule has 3 heterocycles. The van der Waals surface area contributed by atoms with Crippen LogP contribution in [-0.2, 0) is 19.6 Å². The predicted octanol–water partition coefficient (Wildman–Crippen LogP) is 6.17. The minimum Gasteiger partial charge on any atom is -0.496 e. The number of rotatable bonds is 11. The predicted molar refractivity (Wildman–Crippen MR) is 214 cm³/mol. The fraction of sp³-hybridized carbons (Fsp3) is 0.575. The molecule has 2 aliphatic carbocycles. The summed E-state index contributed by atoms with van der Waals surface area (Å²) in [6.45, 7) is 12.0. The summed E-state index contributed by atoms with van der Waals surface area (Å²) in [7, 11) is -0.605. The Balaban J connectivity index is 1.31. The number of ether oxygens (including phenoxy) is 2. The minimum absolute atomic E-state index is 0.0435. The van der Waals surface area contributed by atoms with Gasteiger partial charge in [0.2, 0.25) is 15.9 Å². The lowest BCUT2D eigenvalue weighted by atomic mass is 10.00. The molecule has 2 saturated carbocycles. The van der Waals surface area contributed by atoms with E-state index >= 15 is 0 Å². The van der Waals surface area contributed by atoms with Gasteiger partial charge in [0, 0.05) is 47.8 Å². The topological polar surface area (TPSA) is 160 Å². The first kappa shape index (κ1) is 40.4. The van der Waals surface area contributed by atoms with E-state index < -0.39 is 38.2 Å². The number of benzene rings is 1. The van der Waals surface area contributed by atoms with E-state index in [0.29, 0.717) is 42.1 Å². The van der Waals surface area contributed by atoms with Crippen LogP contribution >= 0.6 is 11.3 Å². The van der Waals surface area contributed by atoms with Gasteiger partial charge in [-0.2, -0.15) is 0 Å². The summed E-state index contributed by atoms with van der Waals surface area (Å²) >= 11 is 1.58. The van der Waals surface area contributed by atoms with Crippen LogP contribution in [0.4, 0.5) is 4.79 Å². The Morgan fingerprint density at radius 2 is 1.85 bits per heavy atom. The summed E-state index contributed by atoms with van der Waals surface area (Å²) in [5.74, 6) is -0.521. The molecule has 0 saturated heterocycles. The quantitative estimate of drug-likeness (QED) is 0.217. The molecule has 1 aliphatic heterocycles. The molecule has 13 nitrogen and oxygen atoms in total. The van der Waals surface area contributed by atoms with Crippen molar-refractivity contribution in [2.24, 2.45) is 11.8 Å². The van der Waals surface area contributed by atoms with Gasteiger partial charge in [0.1, 0.15) is 29.7 Å². The van der Waals surface area contributed by atoms with Crippen LogP contribution < -0.4 is 19.5 Å². The van der Waals surface area contributed by atoms with Crippen molar-refractivity contribution in [1.82, 2.24) is 29.8 Å². The third kappa shape index (κ3) is 8.18. The number of carbonyl (C=O) groups excluding carboxylic acids is 3. The molecule has 3 aliphatic rings. The lowest BCUT2D eigenvalue weighted by molar-refractivity contribution is -0.133. The van der Waals surface area contributed by atoms with Gasteiger partial charge in [-0.3, -0.25) is 14.3 Å². The number of aromatic nitrogens is 2. The van der Waals surface area contributed by atoms with Gasteiger partial charge < -0.3 is 24.6 Å². The van der Waals surface area contributed by atoms with Crippen LogP contribution in [0.3, 0.4) is 0 Å². The Labute approximate surface area is 328 Å². The smallest absolute Gasteiger partial charge is 0.320 e. The molecule has 2 fully saturated rings. The van der Waals surface area contributed by atoms with E-state index in [1.165, 1.54) is 4.90 Å². The molecule has 55 heavy (non-hydrogen) atoms. The molecule has 2 N–H and O–H groups in total. The van der Waals surface area contributed by atoms with Gasteiger partial charge in [0.25, 0.3) is 5.91 Å². The van der Waals surface area contributed by atoms with Crippen LogP contribution in [0.1, 0.15) is 89.6 Å². The zero-order valence-corrected chi connectivity index (χ0v) is 34.7. The molecule has 4 amide bonds. The number of nitrogens with zero attached hydrogens (tertiary/aromatic N) is 4. The average molecular weight is 795 g/mol. The molecule has 298 valence electrons. The van der Waals surface area contributed by atoms with Crippen molar-refractivity contribution >= 4 is 50.1 Å². The van der Waals surface area contributed by atoms with E-state index in [0.717, 1.165) is 40.9 Å². The highest BCUT2D eigenvalue weighted by Gasteiger charge is 2.63. The largest absolute Gasteiger partial charge is 0.496 e. The fourth-order valence-corrected chi connectivity index (χ4v) is 9.32. The Morgan fingerprint density at radius 1 is 1.11 bits per heavy atom. The SMILES string of the molecule is COc1ccc2c(OCCN3C(=O)N(C)CCCC/C=C\C4C[C@]4(C(=O)NS(=O)(=O)C4(C)CC4)NC(=O)[C@@H]3C(C)C)cc(-c3csc(C(C)C)n3)nc2c1C. The van der Waals surface area contributed by atoms with Crippen LogP contribution in [0, 0.1) is 18.8 Å². The molecule has 0 bridgehead atoms. The summed E-state index contributed by atoms with van der Waals surface area (Å²) < 4.78 is 39.7. The Kier molecular flexibility index (Phi) is 11.6. The molecule has 2 aromatic heterocycles. The Bertz CT molecular complexity index is 2090. The second kappa shape index (κ2) is 15.7. The Morgan fingerprint density at radius 3 is 2.51 bits per heavy atom. The summed E-state index contributed by atoms with van der Waals surface area (Å²) in [5, 5.41) is 6.70. The van der Waals surface area contributed by atoms with Gasteiger partial charge in [-0.05, 0) is 70.4 Å². The second-order valence-electron chi connectivity index (χ2n) is 16.0. The number of methoxy groups -OCH3 is 1. The van der Waals surface area contributed by atoms with Crippen molar-refractivity contribution in [2.45, 2.75) is 102 Å². The number of carbonyl (C=O) groups is 3. The lowest BCUT2D eigenvalue weighted by Gasteiger charge is -2.37. The maximum atomic E-state index is 14.4. The van der Waals surface area contributed by atoms with Gasteiger partial charge >= 0.3 is 6.03 Å². The number of fused-ring (bicyclic) bond motifs is 2. The Hall–Kier alpha value is -4.24. The summed E-state index contributed by atoms with van der Waals surface area (Å²) in [6.07, 6.45) is 7.35. The van der Waals surface area contributed by atoms with Crippen molar-refractivity contribution < 1.29 is 32.3 Å². The zero-order chi connectivity index (χ0) is 39.9. The number of thiazole rings is 1. The number of amides is 4. The number of sulfonamides is 1. The number of allylic oxidation sites excluding steroid dienone is 1. The standard InChI is InChI=1S/C40H54N6O7S2/c1-24(2)34-35(47)43-40(37(48)44-55(50,51)39(6)16-17-39)22-27(40)13-11-9-10-12-18-45(7)38(49)46(34)19-20-53-32-21-29(30-23-54-36(42-30)25(3)4)41-33-26(5)31(52-8)15-14-28(32)33/h11,13-15,21,23-25,27,34H,9-10,12,16-20,22H2,1-8H3,(H,43,47)(H,44,48)/b13-11-/t27?,34-,40-/m0/s1. The van der Waals surface area contributed by atoms with Crippen molar-refractivity contribution in [3.05, 3.63) is 46.3 Å². The number of hydrogen-bond donors (Lipinski definition) is 2. The molecule has 3 aromatic rings. The summed E-state index contributed by atoms with van der Waals surface area (Å²) in [5.41, 5.74) is 1.48. The molecule has 3 atom stereocenters. The van der Waals surface area contributed by atoms with Crippen LogP contribution in [0.2, 0.25) is 0 Å². The van der Waals surface area contributed by atoms with Gasteiger partial charge in [-0.15, -0.1) is 11.3 Å². The highest BCUT2D eigenvalue weighted by Crippen LogP contribution is 2.47. The lowest BCUT2D eigenvalue weighted by Crippen LogP contribution is -2.61. The van der Waals surface area contributed by atoms with E-state index in [1.54, 1.807) is 37.3 Å². The highest BCUT2D eigenvalue weighted by molar-refractivity contribution is 7.91. The molecule has 6 rings (SSSR count). The van der Waals surface area contributed by atoms with Crippen molar-refractivity contribution in [1.29, 1.82) is 0 Å². The normalized spacial score (nSPS) is 23.6. The molecular weight excluding hydrogens is 741 g/mol. The fourth-order valence-electron chi connectivity index (χ4n) is 7.18. The third-order valence-corrected chi connectivity index (χ3v) is 14.4. The van der Waals surface area contributed by atoms with E-state index in [9.17, 15) is 22.8 Å². The highest BCUT2D eigenvalue weighted by atomic mass is 32.2. The van der Waals surface area contributed by atoms with Crippen LogP contribution in [-0.4, -0.2) is 96.2 Å².